The molecule has 0 aromatic carbocycles. The SMILES string of the molecule is CC1C=CC(OCCNC2CCN(C)CC2)=CC1C. The summed E-state index contributed by atoms with van der Waals surface area (Å²) in [6, 6.07) is 0.676. The smallest absolute Gasteiger partial charge is 0.115 e. The van der Waals surface area contributed by atoms with E-state index in [1.807, 2.05) is 0 Å². The van der Waals surface area contributed by atoms with Gasteiger partial charge in [-0.2, -0.15) is 0 Å². The highest BCUT2D eigenvalue weighted by Gasteiger charge is 2.16. The van der Waals surface area contributed by atoms with Crippen molar-refractivity contribution in [2.75, 3.05) is 33.3 Å². The Labute approximate surface area is 117 Å². The fraction of sp³-hybridized carbons (Fsp3) is 0.750. The molecule has 1 saturated heterocycles. The van der Waals surface area contributed by atoms with Gasteiger partial charge in [0.15, 0.2) is 0 Å². The molecule has 1 aliphatic heterocycles. The third kappa shape index (κ3) is 4.66. The van der Waals surface area contributed by atoms with Crippen molar-refractivity contribution >= 4 is 0 Å². The van der Waals surface area contributed by atoms with Gasteiger partial charge in [-0.25, -0.2) is 0 Å². The van der Waals surface area contributed by atoms with Crippen molar-refractivity contribution in [3.8, 4) is 0 Å². The van der Waals surface area contributed by atoms with Crippen LogP contribution in [0.2, 0.25) is 0 Å². The van der Waals surface area contributed by atoms with Crippen LogP contribution in [0.3, 0.4) is 0 Å². The molecule has 0 radical (unpaired) electrons. The minimum Gasteiger partial charge on any atom is -0.493 e. The molecular weight excluding hydrogens is 236 g/mol. The summed E-state index contributed by atoms with van der Waals surface area (Å²) in [4.78, 5) is 2.40. The summed E-state index contributed by atoms with van der Waals surface area (Å²) in [5, 5.41) is 3.60. The van der Waals surface area contributed by atoms with Gasteiger partial charge in [0.2, 0.25) is 0 Å². The average molecular weight is 264 g/mol. The Kier molecular flexibility index (Phi) is 5.46. The van der Waals surface area contributed by atoms with Crippen molar-refractivity contribution in [2.24, 2.45) is 11.8 Å². The third-order valence-electron chi connectivity index (χ3n) is 4.34. The molecule has 108 valence electrons. The number of nitrogens with zero attached hydrogens (tertiary/aromatic N) is 1. The Bertz CT molecular complexity index is 330. The number of allylic oxidation sites excluding steroid dienone is 3. The van der Waals surface area contributed by atoms with E-state index in [0.29, 0.717) is 17.9 Å². The summed E-state index contributed by atoms with van der Waals surface area (Å²) < 4.78 is 5.82. The van der Waals surface area contributed by atoms with Gasteiger partial charge in [0.25, 0.3) is 0 Å². The Balaban J connectivity index is 1.60. The normalized spacial score (nSPS) is 29.3. The maximum atomic E-state index is 5.82. The highest BCUT2D eigenvalue weighted by Crippen LogP contribution is 2.22. The molecule has 2 rings (SSSR count). The first-order valence-corrected chi connectivity index (χ1v) is 7.60. The van der Waals surface area contributed by atoms with E-state index in [9.17, 15) is 0 Å². The summed E-state index contributed by atoms with van der Waals surface area (Å²) in [6.45, 7) is 8.63. The van der Waals surface area contributed by atoms with Crippen LogP contribution in [0.25, 0.3) is 0 Å². The lowest BCUT2D eigenvalue weighted by atomic mass is 9.91. The molecule has 2 atom stereocenters. The molecule has 1 fully saturated rings. The highest BCUT2D eigenvalue weighted by atomic mass is 16.5. The maximum absolute atomic E-state index is 5.82. The number of rotatable bonds is 5. The first-order chi connectivity index (χ1) is 9.15. The second kappa shape index (κ2) is 7.11. The van der Waals surface area contributed by atoms with Crippen LogP contribution in [0.4, 0.5) is 0 Å². The molecule has 2 aliphatic rings. The van der Waals surface area contributed by atoms with Crippen LogP contribution >= 0.6 is 0 Å². The Morgan fingerprint density at radius 1 is 1.26 bits per heavy atom. The Hall–Kier alpha value is -0.800. The van der Waals surface area contributed by atoms with Gasteiger partial charge >= 0.3 is 0 Å². The van der Waals surface area contributed by atoms with E-state index in [4.69, 9.17) is 4.74 Å². The zero-order valence-corrected chi connectivity index (χ0v) is 12.6. The minimum atomic E-state index is 0.585. The lowest BCUT2D eigenvalue weighted by Gasteiger charge is -2.29. The number of hydrogen-bond acceptors (Lipinski definition) is 3. The Morgan fingerprint density at radius 3 is 2.68 bits per heavy atom. The highest BCUT2D eigenvalue weighted by molar-refractivity contribution is 5.19. The van der Waals surface area contributed by atoms with Gasteiger partial charge in [0.05, 0.1) is 0 Å². The van der Waals surface area contributed by atoms with Gasteiger partial charge in [-0.15, -0.1) is 0 Å². The second-order valence-corrected chi connectivity index (χ2v) is 6.03. The third-order valence-corrected chi connectivity index (χ3v) is 4.34. The number of nitrogens with one attached hydrogen (secondary N) is 1. The molecule has 3 heteroatoms. The van der Waals surface area contributed by atoms with Gasteiger partial charge in [-0.05, 0) is 57.0 Å². The number of piperidine rings is 1. The van der Waals surface area contributed by atoms with Crippen molar-refractivity contribution < 1.29 is 4.74 Å². The van der Waals surface area contributed by atoms with Crippen LogP contribution in [0, 0.1) is 11.8 Å². The average Bonchev–Trinajstić information content (AvgIpc) is 2.41. The lowest BCUT2D eigenvalue weighted by Crippen LogP contribution is -2.41. The summed E-state index contributed by atoms with van der Waals surface area (Å²) in [5.74, 6) is 2.25. The molecule has 0 spiro atoms. The molecule has 1 aliphatic carbocycles. The summed E-state index contributed by atoms with van der Waals surface area (Å²) in [6.07, 6.45) is 9.10. The van der Waals surface area contributed by atoms with Crippen LogP contribution in [-0.4, -0.2) is 44.2 Å². The van der Waals surface area contributed by atoms with Gasteiger partial charge in [0.1, 0.15) is 12.4 Å². The van der Waals surface area contributed by atoms with Gasteiger partial charge in [0, 0.05) is 12.6 Å². The number of ether oxygens (including phenoxy) is 1. The second-order valence-electron chi connectivity index (χ2n) is 6.03. The fourth-order valence-corrected chi connectivity index (χ4v) is 2.63. The van der Waals surface area contributed by atoms with Gasteiger partial charge in [-0.1, -0.05) is 19.9 Å². The molecule has 0 aromatic heterocycles. The largest absolute Gasteiger partial charge is 0.493 e. The predicted molar refractivity (Wildman–Crippen MR) is 80.0 cm³/mol. The van der Waals surface area contributed by atoms with Crippen molar-refractivity contribution in [3.63, 3.8) is 0 Å². The van der Waals surface area contributed by atoms with E-state index < -0.39 is 0 Å². The molecule has 19 heavy (non-hydrogen) atoms. The van der Waals surface area contributed by atoms with Crippen LogP contribution in [-0.2, 0) is 4.74 Å². The quantitative estimate of drug-likeness (QED) is 0.772. The van der Waals surface area contributed by atoms with Crippen molar-refractivity contribution in [3.05, 3.63) is 24.0 Å². The summed E-state index contributed by atoms with van der Waals surface area (Å²) in [5.41, 5.74) is 0. The minimum absolute atomic E-state index is 0.585. The van der Waals surface area contributed by atoms with Crippen molar-refractivity contribution in [1.82, 2.24) is 10.2 Å². The topological polar surface area (TPSA) is 24.5 Å². The van der Waals surface area contributed by atoms with E-state index in [1.54, 1.807) is 0 Å². The predicted octanol–water partition coefficient (Wildman–Crippen LogP) is 2.41. The number of likely N-dealkylation sites (tertiary alicyclic amines) is 1. The van der Waals surface area contributed by atoms with E-state index >= 15 is 0 Å². The molecule has 0 saturated carbocycles. The van der Waals surface area contributed by atoms with Gasteiger partial charge in [-0.3, -0.25) is 0 Å². The van der Waals surface area contributed by atoms with E-state index in [2.05, 4.69) is 49.3 Å². The zero-order valence-electron chi connectivity index (χ0n) is 12.6. The Morgan fingerprint density at radius 2 is 2.00 bits per heavy atom. The standard InChI is InChI=1S/C16H28N2O/c1-13-4-5-16(12-14(13)2)19-11-8-17-15-6-9-18(3)10-7-15/h4-5,12-15,17H,6-11H2,1-3H3. The van der Waals surface area contributed by atoms with Gasteiger partial charge < -0.3 is 15.0 Å². The van der Waals surface area contributed by atoms with Crippen molar-refractivity contribution in [2.45, 2.75) is 32.7 Å². The van der Waals surface area contributed by atoms with Crippen LogP contribution < -0.4 is 5.32 Å². The van der Waals surface area contributed by atoms with E-state index in [0.717, 1.165) is 18.9 Å². The summed E-state index contributed by atoms with van der Waals surface area (Å²) >= 11 is 0. The monoisotopic (exact) mass is 264 g/mol. The summed E-state index contributed by atoms with van der Waals surface area (Å²) in [7, 11) is 2.20. The molecule has 0 amide bonds. The number of hydrogen-bond donors (Lipinski definition) is 1. The first-order valence-electron chi connectivity index (χ1n) is 7.60. The molecule has 0 bridgehead atoms. The van der Waals surface area contributed by atoms with E-state index in [1.165, 1.54) is 25.9 Å². The molecule has 1 heterocycles. The zero-order chi connectivity index (χ0) is 13.7. The van der Waals surface area contributed by atoms with Crippen LogP contribution in [0.1, 0.15) is 26.7 Å². The molecule has 1 N–H and O–H groups in total. The van der Waals surface area contributed by atoms with Crippen LogP contribution in [0.5, 0.6) is 0 Å². The maximum Gasteiger partial charge on any atom is 0.115 e. The first kappa shape index (κ1) is 14.6. The fourth-order valence-electron chi connectivity index (χ4n) is 2.63. The van der Waals surface area contributed by atoms with Crippen molar-refractivity contribution in [1.29, 1.82) is 0 Å². The molecule has 2 unspecified atom stereocenters. The molecular formula is C16H28N2O. The van der Waals surface area contributed by atoms with Crippen LogP contribution in [0.15, 0.2) is 24.0 Å². The lowest BCUT2D eigenvalue weighted by molar-refractivity contribution is 0.195. The molecule has 0 aromatic rings. The molecule has 3 nitrogen and oxygen atoms in total. The van der Waals surface area contributed by atoms with E-state index in [-0.39, 0.29) is 0 Å².